The summed E-state index contributed by atoms with van der Waals surface area (Å²) >= 11 is 3.27. The first kappa shape index (κ1) is 17.5. The first-order valence-electron chi connectivity index (χ1n) is 6.03. The van der Waals surface area contributed by atoms with Crippen molar-refractivity contribution >= 4 is 27.8 Å². The van der Waals surface area contributed by atoms with Gasteiger partial charge in [-0.05, 0) is 23.6 Å². The molecule has 1 unspecified atom stereocenters. The molecule has 0 saturated carbocycles. The van der Waals surface area contributed by atoms with Crippen LogP contribution < -0.4 is 5.32 Å². The number of hydrogen-bond donors (Lipinski definition) is 2. The summed E-state index contributed by atoms with van der Waals surface area (Å²) in [6.45, 7) is 1.90. The molecule has 1 aromatic rings. The number of benzene rings is 1. The molecule has 1 rings (SSSR count). The first-order valence-corrected chi connectivity index (χ1v) is 6.82. The third kappa shape index (κ3) is 5.04. The molecule has 0 radical (unpaired) electrons. The summed E-state index contributed by atoms with van der Waals surface area (Å²) < 4.78 is 37.5. The molecular weight excluding hydrogens is 355 g/mol. The second-order valence-corrected chi connectivity index (χ2v) is 5.18. The standard InChI is InChI=1S/C13H13BrF3NO3/c1-2-7-3-4-8(5-9(7)14)10(6-11(19)20)18-12(21)13(15,16)17/h3-5,10H,2,6H2,1H3,(H,18,21)(H,19,20). The van der Waals surface area contributed by atoms with Crippen LogP contribution in [0.2, 0.25) is 0 Å². The van der Waals surface area contributed by atoms with E-state index >= 15 is 0 Å². The zero-order valence-corrected chi connectivity index (χ0v) is 12.6. The Bertz CT molecular complexity index is 546. The molecule has 116 valence electrons. The Morgan fingerprint density at radius 3 is 2.43 bits per heavy atom. The molecule has 1 aromatic carbocycles. The van der Waals surface area contributed by atoms with Crippen LogP contribution in [0.1, 0.15) is 30.5 Å². The zero-order chi connectivity index (χ0) is 16.2. The summed E-state index contributed by atoms with van der Waals surface area (Å²) in [5.74, 6) is -3.47. The lowest BCUT2D eigenvalue weighted by Gasteiger charge is -2.19. The van der Waals surface area contributed by atoms with E-state index < -0.39 is 30.5 Å². The Kier molecular flexibility index (Phi) is 5.77. The molecule has 2 N–H and O–H groups in total. The van der Waals surface area contributed by atoms with E-state index in [9.17, 15) is 22.8 Å². The van der Waals surface area contributed by atoms with Gasteiger partial charge in [-0.2, -0.15) is 13.2 Å². The SMILES string of the molecule is CCc1ccc(C(CC(=O)O)NC(=O)C(F)(F)F)cc1Br. The van der Waals surface area contributed by atoms with Crippen LogP contribution in [0.25, 0.3) is 0 Å². The van der Waals surface area contributed by atoms with Crippen molar-refractivity contribution < 1.29 is 27.9 Å². The van der Waals surface area contributed by atoms with Crippen LogP contribution in [0.15, 0.2) is 22.7 Å². The van der Waals surface area contributed by atoms with Crippen LogP contribution >= 0.6 is 15.9 Å². The third-order valence-electron chi connectivity index (χ3n) is 2.80. The fourth-order valence-electron chi connectivity index (χ4n) is 1.73. The lowest BCUT2D eigenvalue weighted by Crippen LogP contribution is -2.39. The van der Waals surface area contributed by atoms with Gasteiger partial charge in [-0.1, -0.05) is 35.0 Å². The Hall–Kier alpha value is -1.57. The van der Waals surface area contributed by atoms with Gasteiger partial charge in [-0.25, -0.2) is 0 Å². The number of aliphatic carboxylic acids is 1. The third-order valence-corrected chi connectivity index (χ3v) is 3.54. The number of halogens is 4. The molecule has 1 amide bonds. The van der Waals surface area contributed by atoms with Crippen molar-refractivity contribution in [1.29, 1.82) is 0 Å². The van der Waals surface area contributed by atoms with Crippen molar-refractivity contribution in [2.45, 2.75) is 32.0 Å². The summed E-state index contributed by atoms with van der Waals surface area (Å²) in [4.78, 5) is 21.8. The predicted molar refractivity (Wildman–Crippen MR) is 72.7 cm³/mol. The highest BCUT2D eigenvalue weighted by atomic mass is 79.9. The zero-order valence-electron chi connectivity index (χ0n) is 11.0. The van der Waals surface area contributed by atoms with Crippen molar-refractivity contribution in [1.82, 2.24) is 5.32 Å². The van der Waals surface area contributed by atoms with E-state index in [0.29, 0.717) is 16.5 Å². The molecule has 0 spiro atoms. The molecule has 1 atom stereocenters. The molecule has 0 aromatic heterocycles. The van der Waals surface area contributed by atoms with Gasteiger partial charge in [0, 0.05) is 4.47 Å². The number of amides is 1. The molecule has 0 heterocycles. The Morgan fingerprint density at radius 2 is 2.00 bits per heavy atom. The molecule has 0 aliphatic carbocycles. The van der Waals surface area contributed by atoms with E-state index in [0.717, 1.165) is 5.56 Å². The molecule has 0 aliphatic heterocycles. The number of nitrogens with one attached hydrogen (secondary N) is 1. The number of carbonyl (C=O) groups is 2. The molecule has 0 saturated heterocycles. The van der Waals surface area contributed by atoms with E-state index in [1.807, 2.05) is 6.92 Å². The van der Waals surface area contributed by atoms with Crippen molar-refractivity contribution in [2.75, 3.05) is 0 Å². The van der Waals surface area contributed by atoms with Gasteiger partial charge < -0.3 is 10.4 Å². The molecule has 4 nitrogen and oxygen atoms in total. The van der Waals surface area contributed by atoms with Gasteiger partial charge >= 0.3 is 18.1 Å². The van der Waals surface area contributed by atoms with E-state index in [2.05, 4.69) is 15.9 Å². The maximum Gasteiger partial charge on any atom is 0.471 e. The summed E-state index contributed by atoms with van der Waals surface area (Å²) in [7, 11) is 0. The lowest BCUT2D eigenvalue weighted by molar-refractivity contribution is -0.174. The normalized spacial score (nSPS) is 12.8. The fourth-order valence-corrected chi connectivity index (χ4v) is 2.41. The number of carboxylic acid groups (broad SMARTS) is 1. The van der Waals surface area contributed by atoms with Gasteiger partial charge in [-0.15, -0.1) is 0 Å². The minimum atomic E-state index is -5.06. The molecule has 8 heteroatoms. The Balaban J connectivity index is 3.05. The smallest absolute Gasteiger partial charge is 0.471 e. The Labute approximate surface area is 127 Å². The molecule has 0 fully saturated rings. The maximum atomic E-state index is 12.3. The largest absolute Gasteiger partial charge is 0.481 e. The summed E-state index contributed by atoms with van der Waals surface area (Å²) in [5.41, 5.74) is 1.22. The van der Waals surface area contributed by atoms with Crippen LogP contribution in [0.4, 0.5) is 13.2 Å². The number of carbonyl (C=O) groups excluding carboxylic acids is 1. The number of rotatable bonds is 5. The van der Waals surface area contributed by atoms with Crippen LogP contribution in [0.5, 0.6) is 0 Å². The topological polar surface area (TPSA) is 66.4 Å². The molecule has 21 heavy (non-hydrogen) atoms. The van der Waals surface area contributed by atoms with E-state index in [1.54, 1.807) is 11.4 Å². The lowest BCUT2D eigenvalue weighted by atomic mass is 10.0. The monoisotopic (exact) mass is 367 g/mol. The van der Waals surface area contributed by atoms with E-state index in [1.165, 1.54) is 12.1 Å². The molecule has 0 aliphatic rings. The highest BCUT2D eigenvalue weighted by molar-refractivity contribution is 9.10. The van der Waals surface area contributed by atoms with Crippen molar-refractivity contribution in [3.05, 3.63) is 33.8 Å². The predicted octanol–water partition coefficient (Wildman–Crippen LogP) is 3.21. The summed E-state index contributed by atoms with van der Waals surface area (Å²) in [6, 6.07) is 3.45. The minimum absolute atomic E-state index is 0.291. The van der Waals surface area contributed by atoms with Crippen molar-refractivity contribution in [3.8, 4) is 0 Å². The average molecular weight is 368 g/mol. The Morgan fingerprint density at radius 1 is 1.38 bits per heavy atom. The number of aryl methyl sites for hydroxylation is 1. The maximum absolute atomic E-state index is 12.3. The minimum Gasteiger partial charge on any atom is -0.481 e. The molecule has 0 bridgehead atoms. The number of hydrogen-bond acceptors (Lipinski definition) is 2. The van der Waals surface area contributed by atoms with E-state index in [4.69, 9.17) is 5.11 Å². The van der Waals surface area contributed by atoms with Crippen molar-refractivity contribution in [2.24, 2.45) is 0 Å². The van der Waals surface area contributed by atoms with Crippen molar-refractivity contribution in [3.63, 3.8) is 0 Å². The fraction of sp³-hybridized carbons (Fsp3) is 0.385. The number of carboxylic acids is 1. The van der Waals surface area contributed by atoms with Crippen LogP contribution in [0.3, 0.4) is 0 Å². The molecular formula is C13H13BrF3NO3. The van der Waals surface area contributed by atoms with Gasteiger partial charge in [0.05, 0.1) is 12.5 Å². The van der Waals surface area contributed by atoms with Crippen LogP contribution in [0, 0.1) is 0 Å². The second-order valence-electron chi connectivity index (χ2n) is 4.33. The van der Waals surface area contributed by atoms with Crippen LogP contribution in [-0.4, -0.2) is 23.2 Å². The van der Waals surface area contributed by atoms with Gasteiger partial charge in [0.15, 0.2) is 0 Å². The average Bonchev–Trinajstić information content (AvgIpc) is 2.36. The summed E-state index contributed by atoms with van der Waals surface area (Å²) in [6.07, 6.45) is -4.99. The van der Waals surface area contributed by atoms with Gasteiger partial charge in [0.2, 0.25) is 0 Å². The van der Waals surface area contributed by atoms with Gasteiger partial charge in [-0.3, -0.25) is 9.59 Å². The highest BCUT2D eigenvalue weighted by Gasteiger charge is 2.40. The van der Waals surface area contributed by atoms with Crippen LogP contribution in [-0.2, 0) is 16.0 Å². The second kappa shape index (κ2) is 6.93. The van der Waals surface area contributed by atoms with E-state index in [-0.39, 0.29) is 0 Å². The quantitative estimate of drug-likeness (QED) is 0.839. The van der Waals surface area contributed by atoms with Gasteiger partial charge in [0.25, 0.3) is 0 Å². The summed E-state index contributed by atoms with van der Waals surface area (Å²) in [5, 5.41) is 10.5. The number of alkyl halides is 3. The highest BCUT2D eigenvalue weighted by Crippen LogP contribution is 2.26. The first-order chi connectivity index (χ1) is 9.65. The van der Waals surface area contributed by atoms with Gasteiger partial charge in [0.1, 0.15) is 0 Å².